The number of rotatable bonds is 6. The number of benzene rings is 1. The number of fused-ring (bicyclic) bond motifs is 1. The highest BCUT2D eigenvalue weighted by Crippen LogP contribution is 2.28. The first-order valence-electron chi connectivity index (χ1n) is 13.9. The molecule has 0 bridgehead atoms. The molecule has 9 nitrogen and oxygen atoms in total. The van der Waals surface area contributed by atoms with Gasteiger partial charge in [-0.3, -0.25) is 18.9 Å². The average molecular weight is 561 g/mol. The normalized spacial score (nSPS) is 21.2. The molecule has 10 heteroatoms. The molecule has 4 heterocycles. The number of halogens is 1. The molecule has 1 amide bonds. The van der Waals surface area contributed by atoms with Crippen LogP contribution < -0.4 is 15.9 Å². The van der Waals surface area contributed by atoms with Crippen LogP contribution in [0.4, 0.5) is 5.82 Å². The van der Waals surface area contributed by atoms with Crippen LogP contribution >= 0.6 is 11.6 Å². The minimum Gasteiger partial charge on any atom is -0.391 e. The van der Waals surface area contributed by atoms with Crippen LogP contribution in [0.25, 0.3) is 16.7 Å². The number of carbonyl (C=O) groups is 1. The molecule has 1 unspecified atom stereocenters. The maximum Gasteiger partial charge on any atom is 0.333 e. The number of hydrogen-bond acceptors (Lipinski definition) is 6. The summed E-state index contributed by atoms with van der Waals surface area (Å²) in [5, 5.41) is 13.5. The predicted molar refractivity (Wildman–Crippen MR) is 155 cm³/mol. The summed E-state index contributed by atoms with van der Waals surface area (Å²) in [4.78, 5) is 37.4. The number of aromatic nitrogens is 4. The van der Waals surface area contributed by atoms with E-state index in [1.807, 2.05) is 41.0 Å². The Morgan fingerprint density at radius 3 is 2.52 bits per heavy atom. The highest BCUT2D eigenvalue weighted by atomic mass is 35.5. The van der Waals surface area contributed by atoms with E-state index < -0.39 is 0 Å². The number of para-hydroxylation sites is 2. The van der Waals surface area contributed by atoms with Gasteiger partial charge >= 0.3 is 5.69 Å². The first-order valence-corrected chi connectivity index (χ1v) is 14.3. The number of imidazole rings is 1. The Labute approximate surface area is 237 Å². The van der Waals surface area contributed by atoms with Crippen molar-refractivity contribution < 1.29 is 9.90 Å². The molecule has 1 saturated carbocycles. The SMILES string of the molecule is Cc1ncc(Cl)cc1C(=O)NC1CCC(Cn2c(=O)n(-c3ccc(N4CCC(O)C4)nc3)c3ccccc32)CC1. The molecule has 6 rings (SSSR count). The lowest BCUT2D eigenvalue weighted by atomic mass is 9.85. The fraction of sp³-hybridized carbons (Fsp3) is 0.400. The van der Waals surface area contributed by atoms with Crippen LogP contribution in [-0.4, -0.2) is 55.4 Å². The Bertz CT molecular complexity index is 1590. The number of nitrogens with zero attached hydrogens (tertiary/aromatic N) is 5. The Hall–Kier alpha value is -3.69. The highest BCUT2D eigenvalue weighted by molar-refractivity contribution is 6.30. The van der Waals surface area contributed by atoms with Gasteiger partial charge in [0, 0.05) is 31.9 Å². The van der Waals surface area contributed by atoms with E-state index in [1.165, 1.54) is 0 Å². The molecule has 2 N–H and O–H groups in total. The van der Waals surface area contributed by atoms with Crippen molar-refractivity contribution in [3.05, 3.63) is 81.6 Å². The van der Waals surface area contributed by atoms with E-state index in [0.717, 1.165) is 61.2 Å². The summed E-state index contributed by atoms with van der Waals surface area (Å²) in [5.74, 6) is 1.00. The van der Waals surface area contributed by atoms with E-state index in [-0.39, 0.29) is 23.7 Å². The van der Waals surface area contributed by atoms with Gasteiger partial charge in [-0.05, 0) is 75.3 Å². The number of amides is 1. The molecule has 1 saturated heterocycles. The van der Waals surface area contributed by atoms with Gasteiger partial charge in [0.25, 0.3) is 5.91 Å². The summed E-state index contributed by atoms with van der Waals surface area (Å²) in [7, 11) is 0. The molecule has 1 aromatic carbocycles. The van der Waals surface area contributed by atoms with Gasteiger partial charge in [-0.15, -0.1) is 0 Å². The first kappa shape index (κ1) is 26.5. The van der Waals surface area contributed by atoms with Crippen LogP contribution in [0.2, 0.25) is 5.02 Å². The monoisotopic (exact) mass is 560 g/mol. The lowest BCUT2D eigenvalue weighted by Crippen LogP contribution is -2.39. The second-order valence-electron chi connectivity index (χ2n) is 11.0. The fourth-order valence-corrected chi connectivity index (χ4v) is 6.19. The van der Waals surface area contributed by atoms with Crippen molar-refractivity contribution in [2.45, 2.75) is 57.7 Å². The Kier molecular flexibility index (Phi) is 7.33. The van der Waals surface area contributed by atoms with Gasteiger partial charge < -0.3 is 15.3 Å². The van der Waals surface area contributed by atoms with Crippen molar-refractivity contribution in [3.8, 4) is 5.69 Å². The van der Waals surface area contributed by atoms with E-state index in [1.54, 1.807) is 30.0 Å². The topological polar surface area (TPSA) is 105 Å². The van der Waals surface area contributed by atoms with Crippen LogP contribution in [-0.2, 0) is 6.54 Å². The molecule has 2 aliphatic rings. The van der Waals surface area contributed by atoms with E-state index in [0.29, 0.717) is 35.3 Å². The predicted octanol–water partition coefficient (Wildman–Crippen LogP) is 4.10. The van der Waals surface area contributed by atoms with Crippen molar-refractivity contribution in [2.75, 3.05) is 18.0 Å². The second kappa shape index (κ2) is 11.1. The minimum absolute atomic E-state index is 0.0771. The molecular weight excluding hydrogens is 528 g/mol. The number of nitrogens with one attached hydrogen (secondary N) is 1. The number of aryl methyl sites for hydroxylation is 1. The van der Waals surface area contributed by atoms with Crippen molar-refractivity contribution in [3.63, 3.8) is 0 Å². The third-order valence-corrected chi connectivity index (χ3v) is 8.44. The van der Waals surface area contributed by atoms with Crippen molar-refractivity contribution in [1.82, 2.24) is 24.4 Å². The van der Waals surface area contributed by atoms with Gasteiger partial charge in [-0.2, -0.15) is 0 Å². The van der Waals surface area contributed by atoms with E-state index in [2.05, 4.69) is 20.2 Å². The van der Waals surface area contributed by atoms with Crippen LogP contribution in [0.15, 0.2) is 59.7 Å². The van der Waals surface area contributed by atoms with Crippen molar-refractivity contribution in [2.24, 2.45) is 5.92 Å². The molecule has 1 atom stereocenters. The molecular formula is C30H33ClN6O3. The fourth-order valence-electron chi connectivity index (χ4n) is 6.03. The maximum absolute atomic E-state index is 13.8. The third kappa shape index (κ3) is 5.23. The van der Waals surface area contributed by atoms with Crippen LogP contribution in [0, 0.1) is 12.8 Å². The van der Waals surface area contributed by atoms with Crippen LogP contribution in [0.3, 0.4) is 0 Å². The largest absolute Gasteiger partial charge is 0.391 e. The van der Waals surface area contributed by atoms with Crippen molar-refractivity contribution in [1.29, 1.82) is 0 Å². The number of aliphatic hydroxyl groups excluding tert-OH is 1. The number of carbonyl (C=O) groups excluding carboxylic acids is 1. The smallest absolute Gasteiger partial charge is 0.333 e. The molecule has 2 fully saturated rings. The van der Waals surface area contributed by atoms with Crippen molar-refractivity contribution >= 4 is 34.4 Å². The molecule has 208 valence electrons. The number of hydrogen-bond donors (Lipinski definition) is 2. The molecule has 3 aromatic heterocycles. The molecule has 4 aromatic rings. The average Bonchev–Trinajstić information content (AvgIpc) is 3.52. The zero-order chi connectivity index (χ0) is 27.8. The third-order valence-electron chi connectivity index (χ3n) is 8.23. The molecule has 40 heavy (non-hydrogen) atoms. The van der Waals surface area contributed by atoms with Gasteiger partial charge in [0.2, 0.25) is 0 Å². The van der Waals surface area contributed by atoms with E-state index in [4.69, 9.17) is 11.6 Å². The maximum atomic E-state index is 13.8. The van der Waals surface area contributed by atoms with E-state index >= 15 is 0 Å². The summed E-state index contributed by atoms with van der Waals surface area (Å²) in [6, 6.07) is 13.5. The second-order valence-corrected chi connectivity index (χ2v) is 11.4. The summed E-state index contributed by atoms with van der Waals surface area (Å²) < 4.78 is 3.61. The summed E-state index contributed by atoms with van der Waals surface area (Å²) in [5.41, 5.74) is 3.57. The number of pyridine rings is 2. The zero-order valence-electron chi connectivity index (χ0n) is 22.5. The Morgan fingerprint density at radius 2 is 1.82 bits per heavy atom. The van der Waals surface area contributed by atoms with Gasteiger partial charge in [0.05, 0.1) is 45.3 Å². The molecule has 1 aliphatic heterocycles. The van der Waals surface area contributed by atoms with Gasteiger partial charge in [0.15, 0.2) is 0 Å². The summed E-state index contributed by atoms with van der Waals surface area (Å²) in [6.45, 7) is 3.78. The molecule has 0 radical (unpaired) electrons. The minimum atomic E-state index is -0.321. The Balaban J connectivity index is 1.16. The zero-order valence-corrected chi connectivity index (χ0v) is 23.2. The summed E-state index contributed by atoms with van der Waals surface area (Å²) in [6.07, 6.45) is 7.25. The number of β-amino-alcohol motifs (C(OH)–C–C–N with tert-alkyl or cyclic N) is 1. The first-order chi connectivity index (χ1) is 19.4. The molecule has 1 aliphatic carbocycles. The number of anilines is 1. The standard InChI is InChI=1S/C30H33ClN6O3/c1-19-25(14-21(31)15-32-19)29(39)34-22-8-6-20(7-9-22)17-36-26-4-2-3-5-27(26)37(30(36)40)23-10-11-28(33-16-23)35-13-12-24(38)18-35/h2-5,10-11,14-16,20,22,24,38H,6-9,12-13,17-18H2,1H3,(H,34,39). The molecule has 0 spiro atoms. The van der Waals surface area contributed by atoms with Crippen LogP contribution in [0.1, 0.15) is 48.2 Å². The Morgan fingerprint density at radius 1 is 1.05 bits per heavy atom. The van der Waals surface area contributed by atoms with Gasteiger partial charge in [-0.1, -0.05) is 23.7 Å². The van der Waals surface area contributed by atoms with Crippen LogP contribution in [0.5, 0.6) is 0 Å². The highest BCUT2D eigenvalue weighted by Gasteiger charge is 2.26. The lowest BCUT2D eigenvalue weighted by Gasteiger charge is -2.29. The lowest BCUT2D eigenvalue weighted by molar-refractivity contribution is 0.0919. The number of aliphatic hydroxyl groups is 1. The summed E-state index contributed by atoms with van der Waals surface area (Å²) >= 11 is 6.05. The van der Waals surface area contributed by atoms with Gasteiger partial charge in [0.1, 0.15) is 5.82 Å². The van der Waals surface area contributed by atoms with E-state index in [9.17, 15) is 14.7 Å². The quantitative estimate of drug-likeness (QED) is 0.368. The van der Waals surface area contributed by atoms with Gasteiger partial charge in [-0.25, -0.2) is 9.78 Å².